The van der Waals surface area contributed by atoms with Gasteiger partial charge in [-0.15, -0.1) is 0 Å². The number of rotatable bonds is 2. The molecule has 0 N–H and O–H groups in total. The summed E-state index contributed by atoms with van der Waals surface area (Å²) in [5.41, 5.74) is 1.24. The smallest absolute Gasteiger partial charge is 0.0594 e. The average Bonchev–Trinajstić information content (AvgIpc) is 2.20. The molecule has 0 radical (unpaired) electrons. The fourth-order valence-corrected chi connectivity index (χ4v) is 1.14. The maximum atomic E-state index is 5.21. The zero-order valence-corrected chi connectivity index (χ0v) is 12.8. The van der Waals surface area contributed by atoms with Crippen LogP contribution in [0.3, 0.4) is 0 Å². The van der Waals surface area contributed by atoms with Gasteiger partial charge in [0, 0.05) is 19.6 Å². The molecule has 1 saturated heterocycles. The number of morpholine rings is 1. The SMILES string of the molecule is C=C(C)Br.C=C(C)CN1CCOCC1.CC. The van der Waals surface area contributed by atoms with Crippen LogP contribution in [0, 0.1) is 0 Å². The van der Waals surface area contributed by atoms with Crippen LogP contribution in [0.2, 0.25) is 0 Å². The molecule has 0 bridgehead atoms. The summed E-state index contributed by atoms with van der Waals surface area (Å²) in [5, 5.41) is 0. The van der Waals surface area contributed by atoms with Crippen molar-refractivity contribution in [2.45, 2.75) is 27.7 Å². The lowest BCUT2D eigenvalue weighted by molar-refractivity contribution is 0.0423. The molecular weight excluding hydrogens is 266 g/mol. The normalized spacial score (nSPS) is 15.1. The fraction of sp³-hybridized carbons (Fsp3) is 0.692. The molecule has 1 fully saturated rings. The molecule has 0 atom stereocenters. The van der Waals surface area contributed by atoms with E-state index in [-0.39, 0.29) is 0 Å². The third kappa shape index (κ3) is 16.3. The zero-order chi connectivity index (χ0) is 13.0. The van der Waals surface area contributed by atoms with E-state index in [0.29, 0.717) is 0 Å². The summed E-state index contributed by atoms with van der Waals surface area (Å²) in [6, 6.07) is 0. The van der Waals surface area contributed by atoms with E-state index in [2.05, 4.69) is 40.9 Å². The van der Waals surface area contributed by atoms with Crippen molar-refractivity contribution in [3.8, 4) is 0 Å². The van der Waals surface area contributed by atoms with Crippen LogP contribution in [0.1, 0.15) is 27.7 Å². The third-order valence-electron chi connectivity index (χ3n) is 1.60. The predicted molar refractivity (Wildman–Crippen MR) is 77.2 cm³/mol. The Bertz CT molecular complexity index is 182. The van der Waals surface area contributed by atoms with Gasteiger partial charge in [-0.25, -0.2) is 0 Å². The number of hydrogen-bond donors (Lipinski definition) is 0. The first kappa shape index (κ1) is 18.3. The van der Waals surface area contributed by atoms with Crippen LogP contribution in [-0.4, -0.2) is 37.7 Å². The molecule has 0 spiro atoms. The first-order chi connectivity index (χ1) is 7.52. The van der Waals surface area contributed by atoms with Crippen LogP contribution in [0.25, 0.3) is 0 Å². The van der Waals surface area contributed by atoms with Crippen molar-refractivity contribution < 1.29 is 4.74 Å². The summed E-state index contributed by atoms with van der Waals surface area (Å²) in [7, 11) is 0. The number of halogens is 1. The molecule has 0 saturated carbocycles. The molecule has 3 heteroatoms. The van der Waals surface area contributed by atoms with Gasteiger partial charge in [-0.3, -0.25) is 4.90 Å². The van der Waals surface area contributed by atoms with Crippen LogP contribution in [0.15, 0.2) is 23.2 Å². The average molecular weight is 292 g/mol. The molecule has 0 aromatic rings. The summed E-state index contributed by atoms with van der Waals surface area (Å²) in [6.07, 6.45) is 0. The van der Waals surface area contributed by atoms with Gasteiger partial charge in [-0.1, -0.05) is 48.5 Å². The zero-order valence-electron chi connectivity index (χ0n) is 11.2. The topological polar surface area (TPSA) is 12.5 Å². The van der Waals surface area contributed by atoms with E-state index in [0.717, 1.165) is 37.3 Å². The molecule has 1 heterocycles. The quantitative estimate of drug-likeness (QED) is 0.717. The Labute approximate surface area is 109 Å². The fourth-order valence-electron chi connectivity index (χ4n) is 1.14. The molecule has 96 valence electrons. The summed E-state index contributed by atoms with van der Waals surface area (Å²) >= 11 is 3.08. The van der Waals surface area contributed by atoms with Crippen molar-refractivity contribution in [2.75, 3.05) is 32.8 Å². The van der Waals surface area contributed by atoms with E-state index >= 15 is 0 Å². The monoisotopic (exact) mass is 291 g/mol. The standard InChI is InChI=1S/C8H15NO.C3H5Br.C2H6/c1-8(2)7-9-3-5-10-6-4-9;1-3(2)4;1-2/h1,3-7H2,2H3;1H2,2H3;1-2H3. The van der Waals surface area contributed by atoms with Gasteiger partial charge in [-0.05, 0) is 18.3 Å². The maximum Gasteiger partial charge on any atom is 0.0594 e. The van der Waals surface area contributed by atoms with Gasteiger partial charge in [0.05, 0.1) is 13.2 Å². The lowest BCUT2D eigenvalue weighted by atomic mass is 10.3. The lowest BCUT2D eigenvalue weighted by Crippen LogP contribution is -2.37. The molecule has 2 nitrogen and oxygen atoms in total. The second-order valence-corrected chi connectivity index (χ2v) is 4.88. The van der Waals surface area contributed by atoms with E-state index in [4.69, 9.17) is 4.74 Å². The predicted octanol–water partition coefficient (Wildman–Crippen LogP) is 3.84. The lowest BCUT2D eigenvalue weighted by Gasteiger charge is -2.26. The molecule has 1 aliphatic heterocycles. The highest BCUT2D eigenvalue weighted by Gasteiger charge is 2.08. The minimum atomic E-state index is 0.882. The van der Waals surface area contributed by atoms with Crippen LogP contribution < -0.4 is 0 Å². The Morgan fingerprint density at radius 1 is 1.19 bits per heavy atom. The molecular formula is C13H26BrNO. The first-order valence-electron chi connectivity index (χ1n) is 5.78. The molecule has 0 aliphatic carbocycles. The van der Waals surface area contributed by atoms with Crippen molar-refractivity contribution in [1.82, 2.24) is 4.90 Å². The summed E-state index contributed by atoms with van der Waals surface area (Å²) in [5.74, 6) is 0. The van der Waals surface area contributed by atoms with E-state index in [1.54, 1.807) is 0 Å². The number of nitrogens with zero attached hydrogens (tertiary/aromatic N) is 1. The number of allylic oxidation sites excluding steroid dienone is 1. The minimum Gasteiger partial charge on any atom is -0.379 e. The second-order valence-electron chi connectivity index (χ2n) is 3.52. The number of ether oxygens (including phenoxy) is 1. The van der Waals surface area contributed by atoms with E-state index in [1.807, 2.05) is 20.8 Å². The second kappa shape index (κ2) is 12.9. The minimum absolute atomic E-state index is 0.882. The Kier molecular flexibility index (Phi) is 14.8. The van der Waals surface area contributed by atoms with E-state index in [9.17, 15) is 0 Å². The third-order valence-corrected chi connectivity index (χ3v) is 1.60. The molecule has 0 unspecified atom stereocenters. The van der Waals surface area contributed by atoms with Crippen molar-refractivity contribution in [2.24, 2.45) is 0 Å². The number of hydrogen-bond acceptors (Lipinski definition) is 2. The maximum absolute atomic E-state index is 5.21. The van der Waals surface area contributed by atoms with Crippen molar-refractivity contribution in [3.63, 3.8) is 0 Å². The Balaban J connectivity index is 0. The Hall–Kier alpha value is -0.120. The summed E-state index contributed by atoms with van der Waals surface area (Å²) in [4.78, 5) is 2.37. The highest BCUT2D eigenvalue weighted by atomic mass is 79.9. The molecule has 1 rings (SSSR count). The summed E-state index contributed by atoms with van der Waals surface area (Å²) < 4.78 is 6.19. The van der Waals surface area contributed by atoms with Gasteiger partial charge in [0.1, 0.15) is 0 Å². The molecule has 0 amide bonds. The van der Waals surface area contributed by atoms with Crippen LogP contribution in [0.4, 0.5) is 0 Å². The van der Waals surface area contributed by atoms with Crippen LogP contribution in [0.5, 0.6) is 0 Å². The van der Waals surface area contributed by atoms with Gasteiger partial charge < -0.3 is 4.74 Å². The highest BCUT2D eigenvalue weighted by molar-refractivity contribution is 9.11. The highest BCUT2D eigenvalue weighted by Crippen LogP contribution is 1.99. The van der Waals surface area contributed by atoms with Gasteiger partial charge in [0.25, 0.3) is 0 Å². The van der Waals surface area contributed by atoms with Gasteiger partial charge in [-0.2, -0.15) is 0 Å². The van der Waals surface area contributed by atoms with E-state index in [1.165, 1.54) is 5.57 Å². The largest absolute Gasteiger partial charge is 0.379 e. The van der Waals surface area contributed by atoms with Gasteiger partial charge in [0.15, 0.2) is 0 Å². The van der Waals surface area contributed by atoms with Crippen LogP contribution in [-0.2, 0) is 4.74 Å². The Morgan fingerprint density at radius 2 is 1.56 bits per heavy atom. The van der Waals surface area contributed by atoms with E-state index < -0.39 is 0 Å². The van der Waals surface area contributed by atoms with Gasteiger partial charge >= 0.3 is 0 Å². The molecule has 16 heavy (non-hydrogen) atoms. The molecule has 0 aromatic heterocycles. The van der Waals surface area contributed by atoms with Crippen molar-refractivity contribution >= 4 is 15.9 Å². The summed E-state index contributed by atoms with van der Waals surface area (Å²) in [6.45, 7) is 20.2. The van der Waals surface area contributed by atoms with Gasteiger partial charge in [0.2, 0.25) is 0 Å². The molecule has 0 aromatic carbocycles. The first-order valence-corrected chi connectivity index (χ1v) is 6.57. The van der Waals surface area contributed by atoms with Crippen molar-refractivity contribution in [1.29, 1.82) is 0 Å². The molecule has 1 aliphatic rings. The van der Waals surface area contributed by atoms with Crippen molar-refractivity contribution in [3.05, 3.63) is 23.2 Å². The van der Waals surface area contributed by atoms with Crippen LogP contribution >= 0.6 is 15.9 Å². The Morgan fingerprint density at radius 3 is 1.88 bits per heavy atom.